The fraction of sp³-hybridized carbons (Fsp3) is 0.500. The van der Waals surface area contributed by atoms with E-state index >= 15 is 0 Å². The van der Waals surface area contributed by atoms with Crippen LogP contribution in [-0.2, 0) is 31.3 Å². The zero-order valence-corrected chi connectivity index (χ0v) is 37.7. The van der Waals surface area contributed by atoms with Crippen LogP contribution in [0.4, 0.5) is 28.9 Å². The first-order valence-electron chi connectivity index (χ1n) is 20.2. The Morgan fingerprint density at radius 2 is 0.877 bits per heavy atom. The molecule has 0 heterocycles. The molecule has 4 nitrogen and oxygen atoms in total. The van der Waals surface area contributed by atoms with E-state index in [9.17, 15) is 27.2 Å². The topological polar surface area (TPSA) is 40.6 Å². The van der Waals surface area contributed by atoms with Crippen molar-refractivity contribution in [3.63, 3.8) is 0 Å². The number of hydrogen-bond donors (Lipinski definition) is 0. The molecule has 0 aromatic heterocycles. The van der Waals surface area contributed by atoms with Gasteiger partial charge >= 0.3 is 21.7 Å². The first-order chi connectivity index (χ1) is 26.4. The number of anilines is 2. The summed E-state index contributed by atoms with van der Waals surface area (Å²) in [7, 11) is 0. The molecule has 0 aliphatic heterocycles. The minimum absolute atomic E-state index is 0. The summed E-state index contributed by atoms with van der Waals surface area (Å²) >= 11 is 0. The van der Waals surface area contributed by atoms with Crippen LogP contribution in [0, 0.1) is 60.1 Å². The monoisotopic (exact) mass is 826 g/mol. The molecule has 0 aliphatic rings. The van der Waals surface area contributed by atoms with E-state index in [0.717, 1.165) is 63.5 Å². The van der Waals surface area contributed by atoms with E-state index in [0.29, 0.717) is 25.9 Å². The van der Waals surface area contributed by atoms with Crippen LogP contribution >= 0.6 is 0 Å². The summed E-state index contributed by atoms with van der Waals surface area (Å²) in [5, 5.41) is 0. The zero-order chi connectivity index (χ0) is 42.3. The summed E-state index contributed by atoms with van der Waals surface area (Å²) in [6, 6.07) is 25.5. The third-order valence-corrected chi connectivity index (χ3v) is 9.81. The fourth-order valence-corrected chi connectivity index (χ4v) is 5.32. The van der Waals surface area contributed by atoms with Gasteiger partial charge in [0.1, 0.15) is 0 Å². The van der Waals surface area contributed by atoms with Crippen molar-refractivity contribution in [1.82, 2.24) is 0 Å². The third kappa shape index (κ3) is 19.7. The number of benzene rings is 2. The number of hydrogen-bond acceptors (Lipinski definition) is 2. The Labute approximate surface area is 357 Å². The van der Waals surface area contributed by atoms with Crippen LogP contribution in [0.5, 0.6) is 0 Å². The molecule has 0 saturated heterocycles. The molecule has 0 N–H and O–H groups in total. The van der Waals surface area contributed by atoms with Crippen molar-refractivity contribution >= 4 is 23.2 Å². The smallest absolute Gasteiger partial charge is 0.363 e. The van der Waals surface area contributed by atoms with Crippen LogP contribution in [0.1, 0.15) is 131 Å². The van der Waals surface area contributed by atoms with Crippen LogP contribution in [0.25, 0.3) is 0 Å². The first-order valence-corrected chi connectivity index (χ1v) is 20.2. The normalized spacial score (nSPS) is 10.8. The van der Waals surface area contributed by atoms with Gasteiger partial charge in [-0.3, -0.25) is 9.59 Å². The van der Waals surface area contributed by atoms with Crippen molar-refractivity contribution in [1.29, 1.82) is 0 Å². The molecular formula is C48H66F4N2O2Ti. The number of carbonyl (C=O) groups excluding carboxylic acids is 2. The number of nitrogens with zero attached hydrogens (tertiary/aromatic N) is 2. The van der Waals surface area contributed by atoms with E-state index in [1.54, 1.807) is 0 Å². The molecule has 2 amide bonds. The fourth-order valence-electron chi connectivity index (χ4n) is 5.32. The zero-order valence-electron chi connectivity index (χ0n) is 36.1. The van der Waals surface area contributed by atoms with Crippen LogP contribution < -0.4 is 9.80 Å². The van der Waals surface area contributed by atoms with Crippen LogP contribution in [0.3, 0.4) is 0 Å². The van der Waals surface area contributed by atoms with Gasteiger partial charge in [-0.25, -0.2) is 41.8 Å². The predicted octanol–water partition coefficient (Wildman–Crippen LogP) is 13.7. The van der Waals surface area contributed by atoms with Gasteiger partial charge in [-0.15, -0.1) is 36.4 Å². The quantitative estimate of drug-likeness (QED) is 0.0489. The van der Waals surface area contributed by atoms with Gasteiger partial charge in [-0.05, 0) is 37.1 Å². The Morgan fingerprint density at radius 3 is 1.11 bits per heavy atom. The molecule has 0 bridgehead atoms. The number of carbonyl (C=O) groups is 2. The van der Waals surface area contributed by atoms with Crippen LogP contribution in [0.15, 0.2) is 72.8 Å². The van der Waals surface area contributed by atoms with Crippen molar-refractivity contribution in [2.75, 3.05) is 22.9 Å². The summed E-state index contributed by atoms with van der Waals surface area (Å²) in [5.74, 6) is -3.40. The SMILES string of the molecule is CCCCCCN(C(=O)C(C)(C)CC)c1ccc(F)[c-]c1F.CCCCCCN(C(=O)C(C)(C)CC)c1ccc(F)[c-]c1F.C[c-]1cccc1.C[c-]1cccc1.[Ti+4]. The second-order valence-corrected chi connectivity index (χ2v) is 15.4. The molecule has 4 aromatic rings. The number of halogens is 4. The second kappa shape index (κ2) is 28.0. The molecule has 0 aliphatic carbocycles. The van der Waals surface area contributed by atoms with Gasteiger partial charge in [0.15, 0.2) is 0 Å². The summed E-state index contributed by atoms with van der Waals surface area (Å²) in [4.78, 5) is 28.4. The molecule has 0 radical (unpaired) electrons. The van der Waals surface area contributed by atoms with Gasteiger partial charge in [0, 0.05) is 47.2 Å². The maximum atomic E-state index is 14.0. The van der Waals surface area contributed by atoms with Gasteiger partial charge in [-0.2, -0.15) is 35.4 Å². The molecule has 0 atom stereocenters. The number of aryl methyl sites for hydroxylation is 2. The van der Waals surface area contributed by atoms with E-state index in [1.165, 1.54) is 33.1 Å². The molecule has 0 unspecified atom stereocenters. The molecule has 4 rings (SSSR count). The summed E-state index contributed by atoms with van der Waals surface area (Å²) in [6.07, 6.45) is 9.23. The number of rotatable bonds is 16. The maximum absolute atomic E-state index is 14.0. The Hall–Kier alpha value is -3.49. The van der Waals surface area contributed by atoms with E-state index < -0.39 is 34.1 Å². The molecule has 0 spiro atoms. The minimum Gasteiger partial charge on any atom is -0.363 e. The molecule has 9 heteroatoms. The Morgan fingerprint density at radius 1 is 0.561 bits per heavy atom. The molecule has 0 saturated carbocycles. The van der Waals surface area contributed by atoms with E-state index in [2.05, 4.69) is 52.0 Å². The Balaban J connectivity index is 0.000000836. The van der Waals surface area contributed by atoms with E-state index in [1.807, 2.05) is 77.9 Å². The molecule has 57 heavy (non-hydrogen) atoms. The van der Waals surface area contributed by atoms with Crippen LogP contribution in [0.2, 0.25) is 0 Å². The molecule has 312 valence electrons. The summed E-state index contributed by atoms with van der Waals surface area (Å²) in [5.41, 5.74) is 1.76. The first kappa shape index (κ1) is 53.5. The van der Waals surface area contributed by atoms with Gasteiger partial charge in [0.05, 0.1) is 0 Å². The van der Waals surface area contributed by atoms with Gasteiger partial charge < -0.3 is 9.80 Å². The van der Waals surface area contributed by atoms with Crippen molar-refractivity contribution < 1.29 is 48.9 Å². The third-order valence-electron chi connectivity index (χ3n) is 9.81. The van der Waals surface area contributed by atoms with E-state index in [-0.39, 0.29) is 44.9 Å². The minimum atomic E-state index is -0.809. The van der Waals surface area contributed by atoms with Crippen molar-refractivity contribution in [3.8, 4) is 0 Å². The van der Waals surface area contributed by atoms with Crippen LogP contribution in [-0.4, -0.2) is 24.9 Å². The average Bonchev–Trinajstić information content (AvgIpc) is 3.86. The number of amides is 2. The van der Waals surface area contributed by atoms with E-state index in [4.69, 9.17) is 0 Å². The number of unbranched alkanes of at least 4 members (excludes halogenated alkanes) is 6. The molecular weight excluding hydrogens is 760 g/mol. The van der Waals surface area contributed by atoms with Crippen molar-refractivity contribution in [2.45, 2.75) is 133 Å². The average molecular weight is 827 g/mol. The van der Waals surface area contributed by atoms with Gasteiger partial charge in [0.2, 0.25) is 11.8 Å². The van der Waals surface area contributed by atoms with Crippen molar-refractivity contribution in [3.05, 3.63) is 119 Å². The van der Waals surface area contributed by atoms with Gasteiger partial charge in [-0.1, -0.05) is 108 Å². The summed E-state index contributed by atoms with van der Waals surface area (Å²) in [6.45, 7) is 20.5. The standard InChI is InChI=1S/2C18H26F2NO.2C6H7.Ti/c2*1-5-7-8-9-12-21(17(22)18(3,4)6-2)16-11-10-14(19)13-15(16)20;2*1-6-4-2-3-5-6;/h2*10-11H,5-9,12H2,1-4H3;2*2-5H,1H3;/q4*-1;+4. The van der Waals surface area contributed by atoms with Gasteiger partial charge in [0.25, 0.3) is 0 Å². The predicted molar refractivity (Wildman–Crippen MR) is 225 cm³/mol. The maximum Gasteiger partial charge on any atom is 4.00 e. The summed E-state index contributed by atoms with van der Waals surface area (Å²) < 4.78 is 54.2. The molecule has 4 aromatic carbocycles. The Bertz CT molecular complexity index is 1550. The molecule has 0 fully saturated rings. The largest absolute Gasteiger partial charge is 4.00 e. The second-order valence-electron chi connectivity index (χ2n) is 15.4. The van der Waals surface area contributed by atoms with Crippen molar-refractivity contribution in [2.24, 2.45) is 10.8 Å². The Kier molecular flexibility index (Phi) is 26.3.